The highest BCUT2D eigenvalue weighted by Crippen LogP contribution is 2.29. The van der Waals surface area contributed by atoms with E-state index in [-0.39, 0.29) is 5.95 Å². The lowest BCUT2D eigenvalue weighted by atomic mass is 10.3. The van der Waals surface area contributed by atoms with E-state index < -0.39 is 0 Å². The largest absolute Gasteiger partial charge is 0.378 e. The molecular formula is C15H16N6OS. The monoisotopic (exact) mass is 328 g/mol. The third kappa shape index (κ3) is 2.71. The van der Waals surface area contributed by atoms with Crippen LogP contribution in [0.15, 0.2) is 17.6 Å². The summed E-state index contributed by atoms with van der Waals surface area (Å²) in [6.45, 7) is 4.92. The number of hydrogen-bond acceptors (Lipinski definition) is 8. The second-order valence-electron chi connectivity index (χ2n) is 5.42. The lowest BCUT2D eigenvalue weighted by Gasteiger charge is -2.28. The minimum atomic E-state index is 0.216. The summed E-state index contributed by atoms with van der Waals surface area (Å²) in [7, 11) is 0. The smallest absolute Gasteiger partial charge is 0.224 e. The minimum Gasteiger partial charge on any atom is -0.378 e. The fourth-order valence-electron chi connectivity index (χ4n) is 2.59. The molecule has 0 unspecified atom stereocenters. The van der Waals surface area contributed by atoms with Gasteiger partial charge in [-0.15, -0.1) is 11.3 Å². The van der Waals surface area contributed by atoms with Crippen LogP contribution in [0.3, 0.4) is 0 Å². The Morgan fingerprint density at radius 3 is 2.78 bits per heavy atom. The Morgan fingerprint density at radius 2 is 2.04 bits per heavy atom. The van der Waals surface area contributed by atoms with Gasteiger partial charge in [-0.1, -0.05) is 0 Å². The summed E-state index contributed by atoms with van der Waals surface area (Å²) in [5.74, 6) is 0.950. The third-order valence-corrected chi connectivity index (χ3v) is 4.77. The molecule has 1 aliphatic rings. The zero-order chi connectivity index (χ0) is 15.8. The number of thiophene rings is 1. The highest BCUT2D eigenvalue weighted by Gasteiger charge is 2.19. The standard InChI is InChI=1S/C15H16N6OS/c1-9-6-11(23-8-9)10-7-17-13-12(18-10)14(20-15(16)19-13)21-2-4-22-5-3-21/h6-8H,2-5H2,1H3,(H2,16,17,19,20). The van der Waals surface area contributed by atoms with Crippen molar-refractivity contribution in [3.05, 3.63) is 23.2 Å². The molecule has 23 heavy (non-hydrogen) atoms. The molecule has 7 nitrogen and oxygen atoms in total. The molecule has 1 saturated heterocycles. The van der Waals surface area contributed by atoms with Crippen LogP contribution in [-0.2, 0) is 4.74 Å². The first-order valence-electron chi connectivity index (χ1n) is 7.39. The normalized spacial score (nSPS) is 15.3. The van der Waals surface area contributed by atoms with Gasteiger partial charge in [-0.05, 0) is 23.9 Å². The van der Waals surface area contributed by atoms with Crippen molar-refractivity contribution in [2.75, 3.05) is 36.9 Å². The van der Waals surface area contributed by atoms with Gasteiger partial charge in [0, 0.05) is 13.1 Å². The van der Waals surface area contributed by atoms with E-state index in [4.69, 9.17) is 15.5 Å². The Bertz CT molecular complexity index is 858. The molecule has 0 amide bonds. The molecule has 0 atom stereocenters. The van der Waals surface area contributed by atoms with Crippen LogP contribution in [-0.4, -0.2) is 46.2 Å². The van der Waals surface area contributed by atoms with Crippen LogP contribution in [0.2, 0.25) is 0 Å². The average Bonchev–Trinajstić information content (AvgIpc) is 3.01. The number of rotatable bonds is 2. The Kier molecular flexibility index (Phi) is 3.55. The quantitative estimate of drug-likeness (QED) is 0.768. The van der Waals surface area contributed by atoms with E-state index in [2.05, 4.69) is 38.2 Å². The van der Waals surface area contributed by atoms with Crippen molar-refractivity contribution in [1.82, 2.24) is 19.9 Å². The van der Waals surface area contributed by atoms with Gasteiger partial charge in [0.15, 0.2) is 17.0 Å². The number of nitrogen functional groups attached to an aromatic ring is 1. The first-order chi connectivity index (χ1) is 11.2. The van der Waals surface area contributed by atoms with Gasteiger partial charge < -0.3 is 15.4 Å². The van der Waals surface area contributed by atoms with Crippen LogP contribution >= 0.6 is 11.3 Å². The lowest BCUT2D eigenvalue weighted by molar-refractivity contribution is 0.122. The minimum absolute atomic E-state index is 0.216. The maximum atomic E-state index is 5.84. The second kappa shape index (κ2) is 5.71. The number of nitrogens with two attached hydrogens (primary N) is 1. The Balaban J connectivity index is 1.86. The van der Waals surface area contributed by atoms with E-state index in [1.807, 2.05) is 0 Å². The molecular weight excluding hydrogens is 312 g/mol. The third-order valence-electron chi connectivity index (χ3n) is 3.70. The number of hydrogen-bond donors (Lipinski definition) is 1. The summed E-state index contributed by atoms with van der Waals surface area (Å²) in [6, 6.07) is 2.10. The van der Waals surface area contributed by atoms with Gasteiger partial charge in [0.05, 0.1) is 30.0 Å². The number of anilines is 2. The van der Waals surface area contributed by atoms with E-state index >= 15 is 0 Å². The van der Waals surface area contributed by atoms with Gasteiger partial charge in [0.2, 0.25) is 5.95 Å². The molecule has 0 radical (unpaired) electrons. The Morgan fingerprint density at radius 1 is 1.22 bits per heavy atom. The zero-order valence-electron chi connectivity index (χ0n) is 12.7. The Labute approximate surface area is 137 Å². The number of aromatic nitrogens is 4. The molecule has 0 aliphatic carbocycles. The van der Waals surface area contributed by atoms with E-state index in [1.165, 1.54) is 5.56 Å². The number of nitrogens with zero attached hydrogens (tertiary/aromatic N) is 5. The predicted molar refractivity (Wildman–Crippen MR) is 90.6 cm³/mol. The van der Waals surface area contributed by atoms with Crippen molar-refractivity contribution in [3.8, 4) is 10.6 Å². The zero-order valence-corrected chi connectivity index (χ0v) is 13.5. The summed E-state index contributed by atoms with van der Waals surface area (Å²) in [5, 5.41) is 2.10. The topological polar surface area (TPSA) is 90.0 Å². The summed E-state index contributed by atoms with van der Waals surface area (Å²) in [6.07, 6.45) is 1.74. The van der Waals surface area contributed by atoms with Gasteiger partial charge in [-0.3, -0.25) is 0 Å². The van der Waals surface area contributed by atoms with Crippen LogP contribution in [0.1, 0.15) is 5.56 Å². The van der Waals surface area contributed by atoms with Crippen molar-refractivity contribution >= 4 is 34.3 Å². The van der Waals surface area contributed by atoms with Gasteiger partial charge in [-0.2, -0.15) is 9.97 Å². The van der Waals surface area contributed by atoms with Crippen molar-refractivity contribution in [1.29, 1.82) is 0 Å². The molecule has 0 spiro atoms. The van der Waals surface area contributed by atoms with Crippen LogP contribution in [0.4, 0.5) is 11.8 Å². The van der Waals surface area contributed by atoms with Crippen molar-refractivity contribution in [2.45, 2.75) is 6.92 Å². The molecule has 1 aliphatic heterocycles. The molecule has 4 rings (SSSR count). The van der Waals surface area contributed by atoms with E-state index in [1.54, 1.807) is 17.5 Å². The highest BCUT2D eigenvalue weighted by atomic mass is 32.1. The van der Waals surface area contributed by atoms with Crippen LogP contribution in [0.5, 0.6) is 0 Å². The summed E-state index contributed by atoms with van der Waals surface area (Å²) in [5.41, 5.74) is 9.10. The van der Waals surface area contributed by atoms with Crippen molar-refractivity contribution in [2.24, 2.45) is 0 Å². The fourth-order valence-corrected chi connectivity index (χ4v) is 3.44. The molecule has 0 aromatic carbocycles. The molecule has 0 bridgehead atoms. The van der Waals surface area contributed by atoms with Crippen LogP contribution < -0.4 is 10.6 Å². The molecule has 3 aromatic heterocycles. The van der Waals surface area contributed by atoms with Gasteiger partial charge >= 0.3 is 0 Å². The highest BCUT2D eigenvalue weighted by molar-refractivity contribution is 7.13. The van der Waals surface area contributed by atoms with Crippen molar-refractivity contribution in [3.63, 3.8) is 0 Å². The first kappa shape index (κ1) is 14.3. The average molecular weight is 328 g/mol. The summed E-state index contributed by atoms with van der Waals surface area (Å²) in [4.78, 5) is 21.0. The van der Waals surface area contributed by atoms with E-state index in [0.29, 0.717) is 24.4 Å². The summed E-state index contributed by atoms with van der Waals surface area (Å²) < 4.78 is 5.41. The molecule has 1 fully saturated rings. The van der Waals surface area contributed by atoms with E-state index in [9.17, 15) is 0 Å². The van der Waals surface area contributed by atoms with Crippen LogP contribution in [0.25, 0.3) is 21.7 Å². The Hall–Kier alpha value is -2.32. The number of aryl methyl sites for hydroxylation is 1. The fraction of sp³-hybridized carbons (Fsp3) is 0.333. The van der Waals surface area contributed by atoms with Crippen LogP contribution in [0, 0.1) is 6.92 Å². The molecule has 118 valence electrons. The number of ether oxygens (including phenoxy) is 1. The number of fused-ring (bicyclic) bond motifs is 1. The van der Waals surface area contributed by atoms with Gasteiger partial charge in [-0.25, -0.2) is 9.97 Å². The molecule has 0 saturated carbocycles. The molecule has 4 heterocycles. The predicted octanol–water partition coefficient (Wildman–Crippen LogP) is 1.88. The maximum absolute atomic E-state index is 5.84. The van der Waals surface area contributed by atoms with Crippen molar-refractivity contribution < 1.29 is 4.74 Å². The second-order valence-corrected chi connectivity index (χ2v) is 6.33. The van der Waals surface area contributed by atoms with Gasteiger partial charge in [0.25, 0.3) is 0 Å². The van der Waals surface area contributed by atoms with Gasteiger partial charge in [0.1, 0.15) is 0 Å². The van der Waals surface area contributed by atoms with E-state index in [0.717, 1.165) is 29.5 Å². The maximum Gasteiger partial charge on any atom is 0.224 e. The number of morpholine rings is 1. The molecule has 8 heteroatoms. The SMILES string of the molecule is Cc1csc(-c2cnc3nc(N)nc(N4CCOCC4)c3n2)c1. The molecule has 2 N–H and O–H groups in total. The summed E-state index contributed by atoms with van der Waals surface area (Å²) >= 11 is 1.65. The molecule has 3 aromatic rings. The lowest BCUT2D eigenvalue weighted by Crippen LogP contribution is -2.37. The first-order valence-corrected chi connectivity index (χ1v) is 8.27.